The molecule has 0 spiro atoms. The molecule has 0 atom stereocenters. The van der Waals surface area contributed by atoms with Gasteiger partial charge in [0.25, 0.3) is 0 Å². The fourth-order valence-corrected chi connectivity index (χ4v) is 1.52. The van der Waals surface area contributed by atoms with E-state index in [1.807, 2.05) is 0 Å². The summed E-state index contributed by atoms with van der Waals surface area (Å²) in [6, 6.07) is 1.70. The van der Waals surface area contributed by atoms with E-state index in [4.69, 9.17) is 4.42 Å². The summed E-state index contributed by atoms with van der Waals surface area (Å²) >= 11 is 1.65. The molecule has 1 aromatic rings. The van der Waals surface area contributed by atoms with Gasteiger partial charge in [0, 0.05) is 4.75 Å². The largest absolute Gasteiger partial charge is 0.472 e. The van der Waals surface area contributed by atoms with Gasteiger partial charge in [-0.2, -0.15) is 0 Å². The first-order valence-corrected chi connectivity index (χ1v) is 5.17. The van der Waals surface area contributed by atoms with Gasteiger partial charge in [-0.25, -0.2) is 0 Å². The zero-order valence-corrected chi connectivity index (χ0v) is 8.98. The molecule has 13 heavy (non-hydrogen) atoms. The van der Waals surface area contributed by atoms with Crippen LogP contribution in [0.25, 0.3) is 0 Å². The molecule has 0 radical (unpaired) electrons. The lowest BCUT2D eigenvalue weighted by Gasteiger charge is -2.16. The molecule has 1 rings (SSSR count). The van der Waals surface area contributed by atoms with E-state index < -0.39 is 0 Å². The van der Waals surface area contributed by atoms with E-state index in [1.165, 1.54) is 12.5 Å². The quantitative estimate of drug-likeness (QED) is 0.699. The minimum Gasteiger partial charge on any atom is -0.472 e. The third kappa shape index (κ3) is 3.68. The molecule has 1 heterocycles. The molecule has 0 aliphatic carbocycles. The number of hydrogen-bond donors (Lipinski definition) is 0. The predicted molar refractivity (Wildman–Crippen MR) is 55.2 cm³/mol. The maximum atomic E-state index is 11.5. The Bertz CT molecular complexity index is 270. The van der Waals surface area contributed by atoms with Gasteiger partial charge in [0.2, 0.25) is 0 Å². The van der Waals surface area contributed by atoms with Gasteiger partial charge in [0.1, 0.15) is 6.26 Å². The highest BCUT2D eigenvalue weighted by Crippen LogP contribution is 2.23. The molecule has 0 aliphatic rings. The summed E-state index contributed by atoms with van der Waals surface area (Å²) < 4.78 is 4.98. The Labute approximate surface area is 82.7 Å². The van der Waals surface area contributed by atoms with Crippen molar-refractivity contribution in [2.75, 3.05) is 5.75 Å². The van der Waals surface area contributed by atoms with E-state index in [1.54, 1.807) is 17.8 Å². The predicted octanol–water partition coefficient (Wildman–Crippen LogP) is 2.99. The Morgan fingerprint density at radius 3 is 2.69 bits per heavy atom. The van der Waals surface area contributed by atoms with E-state index in [0.29, 0.717) is 11.3 Å². The van der Waals surface area contributed by atoms with E-state index in [0.717, 1.165) is 0 Å². The van der Waals surface area contributed by atoms with Gasteiger partial charge in [-0.3, -0.25) is 4.79 Å². The Hall–Kier alpha value is -0.700. The Morgan fingerprint density at radius 1 is 1.54 bits per heavy atom. The van der Waals surface area contributed by atoms with Gasteiger partial charge < -0.3 is 4.42 Å². The van der Waals surface area contributed by atoms with Crippen LogP contribution in [0.4, 0.5) is 0 Å². The number of rotatable bonds is 3. The lowest BCUT2D eigenvalue weighted by atomic mass is 10.2. The second-order valence-corrected chi connectivity index (χ2v) is 5.64. The summed E-state index contributed by atoms with van der Waals surface area (Å²) in [4.78, 5) is 11.5. The van der Waals surface area contributed by atoms with Crippen molar-refractivity contribution in [3.63, 3.8) is 0 Å². The highest BCUT2D eigenvalue weighted by molar-refractivity contribution is 8.01. The standard InChI is InChI=1S/C10H14O2S/c1-10(2,3)13-7-9(11)8-4-5-12-6-8/h4-6H,7H2,1-3H3. The van der Waals surface area contributed by atoms with Gasteiger partial charge in [-0.1, -0.05) is 20.8 Å². The monoisotopic (exact) mass is 198 g/mol. The number of furan rings is 1. The van der Waals surface area contributed by atoms with Crippen LogP contribution in [0.2, 0.25) is 0 Å². The third-order valence-corrected chi connectivity index (χ3v) is 2.75. The van der Waals surface area contributed by atoms with E-state index in [9.17, 15) is 4.79 Å². The molecular weight excluding hydrogens is 184 g/mol. The van der Waals surface area contributed by atoms with Crippen LogP contribution in [0.5, 0.6) is 0 Å². The van der Waals surface area contributed by atoms with Crippen LogP contribution in [-0.2, 0) is 0 Å². The summed E-state index contributed by atoms with van der Waals surface area (Å²) in [7, 11) is 0. The molecule has 0 aliphatic heterocycles. The summed E-state index contributed by atoms with van der Waals surface area (Å²) in [5.41, 5.74) is 0.664. The number of ketones is 1. The summed E-state index contributed by atoms with van der Waals surface area (Å²) in [5, 5.41) is 0. The van der Waals surface area contributed by atoms with E-state index >= 15 is 0 Å². The third-order valence-electron chi connectivity index (χ3n) is 1.48. The number of thioether (sulfide) groups is 1. The molecule has 0 saturated heterocycles. The highest BCUT2D eigenvalue weighted by atomic mass is 32.2. The smallest absolute Gasteiger partial charge is 0.175 e. The molecule has 0 unspecified atom stereocenters. The van der Waals surface area contributed by atoms with Crippen molar-refractivity contribution in [2.24, 2.45) is 0 Å². The van der Waals surface area contributed by atoms with Crippen LogP contribution in [0.15, 0.2) is 23.0 Å². The topological polar surface area (TPSA) is 30.2 Å². The molecule has 0 aromatic carbocycles. The summed E-state index contributed by atoms with van der Waals surface area (Å²) in [6.07, 6.45) is 3.01. The molecule has 0 N–H and O–H groups in total. The molecule has 0 bridgehead atoms. The lowest BCUT2D eigenvalue weighted by Crippen LogP contribution is -2.12. The zero-order valence-electron chi connectivity index (χ0n) is 8.16. The van der Waals surface area contributed by atoms with E-state index in [-0.39, 0.29) is 10.5 Å². The maximum Gasteiger partial charge on any atom is 0.175 e. The van der Waals surface area contributed by atoms with Crippen LogP contribution in [0.1, 0.15) is 31.1 Å². The van der Waals surface area contributed by atoms with Gasteiger partial charge in [0.15, 0.2) is 5.78 Å². The summed E-state index contributed by atoms with van der Waals surface area (Å²) in [6.45, 7) is 6.29. The Balaban J connectivity index is 2.44. The average Bonchev–Trinajstić information content (AvgIpc) is 2.50. The van der Waals surface area contributed by atoms with Crippen LogP contribution >= 0.6 is 11.8 Å². The molecular formula is C10H14O2S. The lowest BCUT2D eigenvalue weighted by molar-refractivity contribution is 0.102. The minimum absolute atomic E-state index is 0.133. The van der Waals surface area contributed by atoms with Crippen LogP contribution in [0, 0.1) is 0 Å². The van der Waals surface area contributed by atoms with Crippen molar-refractivity contribution in [1.29, 1.82) is 0 Å². The minimum atomic E-state index is 0.133. The van der Waals surface area contributed by atoms with Crippen LogP contribution < -0.4 is 0 Å². The number of hydrogen-bond acceptors (Lipinski definition) is 3. The summed E-state index contributed by atoms with van der Waals surface area (Å²) in [5.74, 6) is 0.650. The molecule has 0 saturated carbocycles. The molecule has 0 amide bonds. The fourth-order valence-electron chi connectivity index (χ4n) is 0.789. The molecule has 0 fully saturated rings. The normalized spacial score (nSPS) is 11.6. The number of carbonyl (C=O) groups excluding carboxylic acids is 1. The second kappa shape index (κ2) is 4.01. The maximum absolute atomic E-state index is 11.5. The van der Waals surface area contributed by atoms with Crippen molar-refractivity contribution in [2.45, 2.75) is 25.5 Å². The van der Waals surface area contributed by atoms with Crippen molar-refractivity contribution in [3.8, 4) is 0 Å². The van der Waals surface area contributed by atoms with Gasteiger partial charge in [0.05, 0.1) is 17.6 Å². The molecule has 2 nitrogen and oxygen atoms in total. The van der Waals surface area contributed by atoms with Crippen molar-refractivity contribution in [3.05, 3.63) is 24.2 Å². The molecule has 3 heteroatoms. The van der Waals surface area contributed by atoms with Crippen molar-refractivity contribution < 1.29 is 9.21 Å². The SMILES string of the molecule is CC(C)(C)SCC(=O)c1ccoc1. The van der Waals surface area contributed by atoms with Gasteiger partial charge in [-0.05, 0) is 6.07 Å². The molecule has 72 valence electrons. The van der Waals surface area contributed by atoms with Gasteiger partial charge in [-0.15, -0.1) is 11.8 Å². The van der Waals surface area contributed by atoms with Crippen molar-refractivity contribution >= 4 is 17.5 Å². The zero-order chi connectivity index (χ0) is 9.90. The number of Topliss-reactive ketones (excluding diaryl/α,β-unsaturated/α-hetero) is 1. The Kier molecular flexibility index (Phi) is 3.20. The van der Waals surface area contributed by atoms with Gasteiger partial charge >= 0.3 is 0 Å². The fraction of sp³-hybridized carbons (Fsp3) is 0.500. The molecule has 1 aromatic heterocycles. The first-order valence-electron chi connectivity index (χ1n) is 4.18. The van der Waals surface area contributed by atoms with Crippen molar-refractivity contribution in [1.82, 2.24) is 0 Å². The first-order chi connectivity index (χ1) is 5.99. The Morgan fingerprint density at radius 2 is 2.23 bits per heavy atom. The van der Waals surface area contributed by atoms with E-state index in [2.05, 4.69) is 20.8 Å². The van der Waals surface area contributed by atoms with Crippen LogP contribution in [-0.4, -0.2) is 16.3 Å². The highest BCUT2D eigenvalue weighted by Gasteiger charge is 2.14. The average molecular weight is 198 g/mol. The number of carbonyl (C=O) groups is 1. The first kappa shape index (κ1) is 10.4. The van der Waals surface area contributed by atoms with Crippen LogP contribution in [0.3, 0.4) is 0 Å². The second-order valence-electron chi connectivity index (χ2n) is 3.84.